The molecule has 0 amide bonds. The molecule has 0 bridgehead atoms. The Hall–Kier alpha value is -2.10. The largest absolute Gasteiger partial charge is 0.422 e. The van der Waals surface area contributed by atoms with Crippen LogP contribution in [-0.2, 0) is 0 Å². The Balaban J connectivity index is 2.71. The average molecular weight is 201 g/mol. The third-order valence-electron chi connectivity index (χ3n) is 2.41. The topological polar surface area (TPSA) is 56.2 Å². The first-order chi connectivity index (χ1) is 7.27. The van der Waals surface area contributed by atoms with Gasteiger partial charge in [-0.2, -0.15) is 0 Å². The van der Waals surface area contributed by atoms with Crippen molar-refractivity contribution in [3.63, 3.8) is 0 Å². The van der Waals surface area contributed by atoms with Crippen LogP contribution in [-0.4, -0.2) is 5.16 Å². The minimum atomic E-state index is -0.401. The van der Waals surface area contributed by atoms with Gasteiger partial charge in [0, 0.05) is 5.39 Å². The number of fused-ring (bicyclic) bond motifs is 3. The number of hydrogen-bond donors (Lipinski definition) is 0. The lowest BCUT2D eigenvalue weighted by molar-refractivity contribution is 0.405. The number of rotatable bonds is 0. The van der Waals surface area contributed by atoms with Crippen molar-refractivity contribution in [1.29, 1.82) is 0 Å². The summed E-state index contributed by atoms with van der Waals surface area (Å²) in [5, 5.41) is 5.09. The van der Waals surface area contributed by atoms with Gasteiger partial charge in [-0.15, -0.1) is 0 Å². The van der Waals surface area contributed by atoms with Crippen LogP contribution in [0, 0.1) is 6.92 Å². The molecule has 0 saturated heterocycles. The zero-order valence-corrected chi connectivity index (χ0v) is 7.98. The predicted octanol–water partition coefficient (Wildman–Crippen LogP) is 2.24. The fourth-order valence-electron chi connectivity index (χ4n) is 1.70. The highest BCUT2D eigenvalue weighted by Crippen LogP contribution is 2.22. The molecule has 1 aromatic carbocycles. The maximum atomic E-state index is 11.6. The molecule has 0 N–H and O–H groups in total. The Morgan fingerprint density at radius 2 is 2.07 bits per heavy atom. The van der Waals surface area contributed by atoms with Gasteiger partial charge in [0.15, 0.2) is 0 Å². The summed E-state index contributed by atoms with van der Waals surface area (Å²) in [5.41, 5.74) is 0.699. The van der Waals surface area contributed by atoms with E-state index in [0.29, 0.717) is 22.2 Å². The van der Waals surface area contributed by atoms with Crippen molar-refractivity contribution in [3.8, 4) is 0 Å². The Morgan fingerprint density at radius 3 is 2.93 bits per heavy atom. The minimum absolute atomic E-state index is 0.401. The second-order valence-corrected chi connectivity index (χ2v) is 3.35. The molecule has 0 spiro atoms. The lowest BCUT2D eigenvalue weighted by Crippen LogP contribution is -1.99. The summed E-state index contributed by atoms with van der Waals surface area (Å²) in [6.07, 6.45) is 0. The van der Waals surface area contributed by atoms with Gasteiger partial charge >= 0.3 is 5.63 Å². The third-order valence-corrected chi connectivity index (χ3v) is 2.41. The van der Waals surface area contributed by atoms with Crippen molar-refractivity contribution in [2.24, 2.45) is 0 Å². The van der Waals surface area contributed by atoms with Crippen molar-refractivity contribution in [1.82, 2.24) is 5.16 Å². The van der Waals surface area contributed by atoms with E-state index in [9.17, 15) is 4.79 Å². The van der Waals surface area contributed by atoms with Crippen molar-refractivity contribution in [2.75, 3.05) is 0 Å². The van der Waals surface area contributed by atoms with Gasteiger partial charge in [-0.1, -0.05) is 17.3 Å². The predicted molar refractivity (Wildman–Crippen MR) is 54.8 cm³/mol. The number of benzene rings is 1. The summed E-state index contributed by atoms with van der Waals surface area (Å²) >= 11 is 0. The highest BCUT2D eigenvalue weighted by atomic mass is 16.5. The highest BCUT2D eigenvalue weighted by molar-refractivity contribution is 6.01. The van der Waals surface area contributed by atoms with Gasteiger partial charge in [-0.3, -0.25) is 0 Å². The molecule has 4 heteroatoms. The van der Waals surface area contributed by atoms with Crippen molar-refractivity contribution < 1.29 is 8.94 Å². The Labute approximate surface area is 84.1 Å². The summed E-state index contributed by atoms with van der Waals surface area (Å²) in [6.45, 7) is 1.70. The summed E-state index contributed by atoms with van der Waals surface area (Å²) in [4.78, 5) is 11.6. The second-order valence-electron chi connectivity index (χ2n) is 3.35. The van der Waals surface area contributed by atoms with Crippen molar-refractivity contribution in [3.05, 3.63) is 40.4 Å². The molecule has 0 saturated carbocycles. The fourth-order valence-corrected chi connectivity index (χ4v) is 1.70. The zero-order valence-electron chi connectivity index (χ0n) is 7.98. The molecule has 0 fully saturated rings. The Morgan fingerprint density at radius 1 is 1.27 bits per heavy atom. The SMILES string of the molecule is Cc1onc2c1c(=O)oc1ccccc12. The molecule has 0 atom stereocenters. The summed E-state index contributed by atoms with van der Waals surface area (Å²) in [7, 11) is 0. The van der Waals surface area contributed by atoms with Gasteiger partial charge < -0.3 is 8.94 Å². The molecule has 0 unspecified atom stereocenters. The average Bonchev–Trinajstić information content (AvgIpc) is 2.62. The van der Waals surface area contributed by atoms with Gasteiger partial charge in [0.05, 0.1) is 0 Å². The van der Waals surface area contributed by atoms with Crippen LogP contribution >= 0.6 is 0 Å². The number of aryl methyl sites for hydroxylation is 1. The molecule has 0 aliphatic rings. The molecule has 0 aliphatic heterocycles. The molecular weight excluding hydrogens is 194 g/mol. The van der Waals surface area contributed by atoms with E-state index in [4.69, 9.17) is 8.94 Å². The van der Waals surface area contributed by atoms with Gasteiger partial charge in [0.1, 0.15) is 22.2 Å². The van der Waals surface area contributed by atoms with Crippen molar-refractivity contribution >= 4 is 21.9 Å². The molecule has 0 radical (unpaired) electrons. The molecule has 2 aromatic heterocycles. The zero-order chi connectivity index (χ0) is 10.4. The number of hydrogen-bond acceptors (Lipinski definition) is 4. The third kappa shape index (κ3) is 1.01. The van der Waals surface area contributed by atoms with Gasteiger partial charge in [-0.25, -0.2) is 4.79 Å². The van der Waals surface area contributed by atoms with Gasteiger partial charge in [-0.05, 0) is 19.1 Å². The first-order valence-electron chi connectivity index (χ1n) is 4.55. The molecular formula is C11H7NO3. The molecule has 0 aliphatic carbocycles. The van der Waals surface area contributed by atoms with E-state index in [1.54, 1.807) is 13.0 Å². The second kappa shape index (κ2) is 2.70. The maximum absolute atomic E-state index is 11.6. The fraction of sp³-hybridized carbons (Fsp3) is 0.0909. The summed E-state index contributed by atoms with van der Waals surface area (Å²) in [5.74, 6) is 0.490. The smallest absolute Gasteiger partial charge is 0.349 e. The van der Waals surface area contributed by atoms with Crippen LogP contribution in [0.1, 0.15) is 5.76 Å². The normalized spacial score (nSPS) is 11.3. The molecule has 15 heavy (non-hydrogen) atoms. The van der Waals surface area contributed by atoms with E-state index >= 15 is 0 Å². The molecule has 74 valence electrons. The molecule has 4 nitrogen and oxygen atoms in total. The Kier molecular flexibility index (Phi) is 1.48. The Bertz CT molecular complexity index is 708. The monoisotopic (exact) mass is 201 g/mol. The molecule has 3 aromatic rings. The number of aromatic nitrogens is 1. The van der Waals surface area contributed by atoms with E-state index in [-0.39, 0.29) is 0 Å². The number of para-hydroxylation sites is 1. The lowest BCUT2D eigenvalue weighted by Gasteiger charge is -1.94. The van der Waals surface area contributed by atoms with Crippen LogP contribution in [0.5, 0.6) is 0 Å². The van der Waals surface area contributed by atoms with Crippen LogP contribution in [0.15, 0.2) is 38.0 Å². The van der Waals surface area contributed by atoms with Crippen LogP contribution in [0.25, 0.3) is 21.9 Å². The first-order valence-corrected chi connectivity index (χ1v) is 4.55. The van der Waals surface area contributed by atoms with E-state index in [1.807, 2.05) is 18.2 Å². The molecule has 2 heterocycles. The van der Waals surface area contributed by atoms with Gasteiger partial charge in [0.2, 0.25) is 0 Å². The van der Waals surface area contributed by atoms with Crippen molar-refractivity contribution in [2.45, 2.75) is 6.92 Å². The summed E-state index contributed by atoms with van der Waals surface area (Å²) in [6, 6.07) is 7.26. The van der Waals surface area contributed by atoms with Crippen LogP contribution in [0.4, 0.5) is 0 Å². The van der Waals surface area contributed by atoms with E-state index in [2.05, 4.69) is 5.16 Å². The number of nitrogens with zero attached hydrogens (tertiary/aromatic N) is 1. The summed E-state index contributed by atoms with van der Waals surface area (Å²) < 4.78 is 10.2. The van der Waals surface area contributed by atoms with Gasteiger partial charge in [0.25, 0.3) is 0 Å². The van der Waals surface area contributed by atoms with Crippen LogP contribution in [0.3, 0.4) is 0 Å². The standard InChI is InChI=1S/C11H7NO3/c1-6-9-10(12-15-6)7-4-2-3-5-8(7)14-11(9)13/h2-5H,1H3. The van der Waals surface area contributed by atoms with E-state index in [0.717, 1.165) is 5.39 Å². The highest BCUT2D eigenvalue weighted by Gasteiger charge is 2.13. The van der Waals surface area contributed by atoms with Crippen LogP contribution < -0.4 is 5.63 Å². The lowest BCUT2D eigenvalue weighted by atomic mass is 10.2. The van der Waals surface area contributed by atoms with E-state index in [1.165, 1.54) is 0 Å². The maximum Gasteiger partial charge on any atom is 0.349 e. The first kappa shape index (κ1) is 8.23. The minimum Gasteiger partial charge on any atom is -0.422 e. The van der Waals surface area contributed by atoms with Crippen LogP contribution in [0.2, 0.25) is 0 Å². The molecule has 3 rings (SSSR count). The quantitative estimate of drug-likeness (QED) is 0.523. The van der Waals surface area contributed by atoms with E-state index < -0.39 is 5.63 Å².